The van der Waals surface area contributed by atoms with Crippen LogP contribution < -0.4 is 0 Å². The predicted molar refractivity (Wildman–Crippen MR) is 152 cm³/mol. The second-order valence-electron chi connectivity index (χ2n) is 10.9. The number of rotatable bonds is 27. The van der Waals surface area contributed by atoms with Gasteiger partial charge in [0.05, 0.1) is 6.61 Å². The van der Waals surface area contributed by atoms with E-state index in [9.17, 15) is 14.2 Å². The zero-order valence-electron chi connectivity index (χ0n) is 24.5. The second kappa shape index (κ2) is 25.0. The number of hydrogen-bond donors (Lipinski definition) is 2. The van der Waals surface area contributed by atoms with E-state index in [1.165, 1.54) is 70.6 Å². The average Bonchev–Trinajstić information content (AvgIpc) is 2.85. The van der Waals surface area contributed by atoms with E-state index in [0.29, 0.717) is 6.42 Å². The summed E-state index contributed by atoms with van der Waals surface area (Å²) in [5.41, 5.74) is 0. The molecule has 0 aromatic carbocycles. The van der Waals surface area contributed by atoms with Gasteiger partial charge in [-0.05, 0) is 18.8 Å². The van der Waals surface area contributed by atoms with E-state index >= 15 is 0 Å². The van der Waals surface area contributed by atoms with E-state index < -0.39 is 32.5 Å². The zero-order valence-corrected chi connectivity index (χ0v) is 25.4. The van der Waals surface area contributed by atoms with E-state index in [2.05, 4.69) is 25.3 Å². The van der Waals surface area contributed by atoms with Gasteiger partial charge in [0.15, 0.2) is 6.10 Å². The van der Waals surface area contributed by atoms with Gasteiger partial charge in [-0.25, -0.2) is 4.57 Å². The molecule has 0 spiro atoms. The quantitative estimate of drug-likeness (QED) is 0.0584. The Balaban J connectivity index is 4.02. The summed E-state index contributed by atoms with van der Waals surface area (Å²) in [6.07, 6.45) is 20.0. The first-order valence-electron chi connectivity index (χ1n) is 15.2. The lowest BCUT2D eigenvalue weighted by atomic mass is 10.0. The molecule has 9 heteroatoms. The number of phosphoric acid groups is 1. The molecule has 1 atom stereocenters. The van der Waals surface area contributed by atoms with E-state index in [4.69, 9.17) is 19.3 Å². The van der Waals surface area contributed by atoms with Crippen LogP contribution in [0.25, 0.3) is 0 Å². The van der Waals surface area contributed by atoms with E-state index in [1.54, 1.807) is 0 Å². The Hall–Kier alpha value is -0.950. The maximum absolute atomic E-state index is 12.2. The summed E-state index contributed by atoms with van der Waals surface area (Å²) in [7, 11) is -4.73. The Kier molecular flexibility index (Phi) is 24.4. The summed E-state index contributed by atoms with van der Waals surface area (Å²) < 4.78 is 26.0. The number of carbonyl (C=O) groups excluding carboxylic acids is 2. The van der Waals surface area contributed by atoms with Crippen LogP contribution in [0.2, 0.25) is 0 Å². The third-order valence-corrected chi connectivity index (χ3v) is 7.04. The summed E-state index contributed by atoms with van der Waals surface area (Å²) in [6.45, 7) is 5.91. The van der Waals surface area contributed by atoms with Crippen LogP contribution in [0.4, 0.5) is 0 Å². The highest BCUT2D eigenvalue weighted by Gasteiger charge is 2.22. The first-order chi connectivity index (χ1) is 18.1. The predicted octanol–water partition coefficient (Wildman–Crippen LogP) is 8.03. The number of hydrogen-bond acceptors (Lipinski definition) is 6. The van der Waals surface area contributed by atoms with Crippen LogP contribution in [0.3, 0.4) is 0 Å². The van der Waals surface area contributed by atoms with Gasteiger partial charge < -0.3 is 19.3 Å². The van der Waals surface area contributed by atoms with Crippen LogP contribution in [0.5, 0.6) is 0 Å². The number of ether oxygens (including phenoxy) is 2. The summed E-state index contributed by atoms with van der Waals surface area (Å²) in [4.78, 5) is 42.2. The minimum atomic E-state index is -4.73. The maximum Gasteiger partial charge on any atom is 0.469 e. The summed E-state index contributed by atoms with van der Waals surface area (Å²) >= 11 is 0. The number of esters is 2. The molecule has 0 aliphatic rings. The third kappa shape index (κ3) is 28.1. The largest absolute Gasteiger partial charge is 0.469 e. The third-order valence-electron chi connectivity index (χ3n) is 6.55. The molecule has 0 saturated carbocycles. The van der Waals surface area contributed by atoms with Crippen molar-refractivity contribution in [3.05, 3.63) is 0 Å². The SMILES string of the molecule is CCCCCCCCCC(=O)OC[C@H](COP(=O)(O)O)OC(=O)CCCCCCCCCCCCC(C)C. The van der Waals surface area contributed by atoms with Gasteiger partial charge in [-0.1, -0.05) is 124 Å². The van der Waals surface area contributed by atoms with Gasteiger partial charge in [-0.15, -0.1) is 0 Å². The van der Waals surface area contributed by atoms with Crippen molar-refractivity contribution in [3.8, 4) is 0 Å². The number of phosphoric ester groups is 1. The lowest BCUT2D eigenvalue weighted by molar-refractivity contribution is -0.161. The molecule has 0 aromatic heterocycles. The average molecular weight is 565 g/mol. The highest BCUT2D eigenvalue weighted by Crippen LogP contribution is 2.35. The number of unbranched alkanes of at least 4 members (excludes halogenated alkanes) is 15. The minimum Gasteiger partial charge on any atom is -0.462 e. The van der Waals surface area contributed by atoms with Gasteiger partial charge in [0.2, 0.25) is 0 Å². The second-order valence-corrected chi connectivity index (χ2v) is 12.2. The Labute approximate surface area is 232 Å². The van der Waals surface area contributed by atoms with E-state index in [-0.39, 0.29) is 19.4 Å². The Morgan fingerprint density at radius 2 is 1.11 bits per heavy atom. The van der Waals surface area contributed by atoms with Crippen molar-refractivity contribution in [1.29, 1.82) is 0 Å². The molecule has 0 unspecified atom stereocenters. The van der Waals surface area contributed by atoms with Gasteiger partial charge in [0.1, 0.15) is 6.61 Å². The fourth-order valence-electron chi connectivity index (χ4n) is 4.26. The van der Waals surface area contributed by atoms with Crippen molar-refractivity contribution < 1.29 is 37.9 Å². The van der Waals surface area contributed by atoms with Gasteiger partial charge in [0, 0.05) is 12.8 Å². The first kappa shape index (κ1) is 37.0. The molecular weight excluding hydrogens is 507 g/mol. The standard InChI is InChI=1S/C29H57O8P/c1-4-5-6-7-12-16-19-22-28(30)35-24-27(25-36-38(32,33)34)37-29(31)23-20-17-14-11-9-8-10-13-15-18-21-26(2)3/h26-27H,4-25H2,1-3H3,(H2,32,33,34)/t27-/m1/s1. The van der Waals surface area contributed by atoms with Crippen LogP contribution in [0.15, 0.2) is 0 Å². The number of carbonyl (C=O) groups is 2. The zero-order chi connectivity index (χ0) is 28.5. The lowest BCUT2D eigenvalue weighted by Gasteiger charge is -2.18. The molecule has 38 heavy (non-hydrogen) atoms. The molecule has 0 fully saturated rings. The van der Waals surface area contributed by atoms with Gasteiger partial charge in [-0.2, -0.15) is 0 Å². The molecule has 0 aliphatic heterocycles. The Morgan fingerprint density at radius 3 is 1.58 bits per heavy atom. The van der Waals surface area contributed by atoms with Crippen LogP contribution in [0.1, 0.15) is 149 Å². The van der Waals surface area contributed by atoms with Gasteiger partial charge in [0.25, 0.3) is 0 Å². The summed E-state index contributed by atoms with van der Waals surface area (Å²) in [5, 5.41) is 0. The first-order valence-corrected chi connectivity index (χ1v) is 16.7. The van der Waals surface area contributed by atoms with Crippen LogP contribution in [-0.2, 0) is 28.2 Å². The molecule has 0 bridgehead atoms. The fraction of sp³-hybridized carbons (Fsp3) is 0.931. The smallest absolute Gasteiger partial charge is 0.462 e. The topological polar surface area (TPSA) is 119 Å². The fourth-order valence-corrected chi connectivity index (χ4v) is 4.62. The molecule has 0 aliphatic carbocycles. The molecule has 0 amide bonds. The molecule has 0 radical (unpaired) electrons. The molecule has 0 saturated heterocycles. The minimum absolute atomic E-state index is 0.217. The van der Waals surface area contributed by atoms with Crippen LogP contribution in [-0.4, -0.2) is 41.0 Å². The van der Waals surface area contributed by atoms with Crippen LogP contribution >= 0.6 is 7.82 Å². The molecule has 8 nitrogen and oxygen atoms in total. The van der Waals surface area contributed by atoms with E-state index in [0.717, 1.165) is 44.4 Å². The summed E-state index contributed by atoms with van der Waals surface area (Å²) in [5.74, 6) is -0.0894. The highest BCUT2D eigenvalue weighted by molar-refractivity contribution is 7.46. The Bertz CT molecular complexity index is 620. The lowest BCUT2D eigenvalue weighted by Crippen LogP contribution is -2.29. The van der Waals surface area contributed by atoms with Crippen molar-refractivity contribution >= 4 is 19.8 Å². The molecule has 0 heterocycles. The summed E-state index contributed by atoms with van der Waals surface area (Å²) in [6, 6.07) is 0. The molecule has 0 rings (SSSR count). The molecular formula is C29H57O8P. The molecule has 226 valence electrons. The molecule has 2 N–H and O–H groups in total. The van der Waals surface area contributed by atoms with Crippen molar-refractivity contribution in [2.75, 3.05) is 13.2 Å². The van der Waals surface area contributed by atoms with Crippen molar-refractivity contribution in [3.63, 3.8) is 0 Å². The maximum atomic E-state index is 12.2. The molecule has 0 aromatic rings. The monoisotopic (exact) mass is 564 g/mol. The van der Waals surface area contributed by atoms with E-state index in [1.807, 2.05) is 0 Å². The van der Waals surface area contributed by atoms with Crippen molar-refractivity contribution in [2.45, 2.75) is 155 Å². The normalized spacial score (nSPS) is 12.6. The highest BCUT2D eigenvalue weighted by atomic mass is 31.2. The van der Waals surface area contributed by atoms with Crippen molar-refractivity contribution in [1.82, 2.24) is 0 Å². The Morgan fingerprint density at radius 1 is 0.658 bits per heavy atom. The van der Waals surface area contributed by atoms with Crippen molar-refractivity contribution in [2.24, 2.45) is 5.92 Å². The van der Waals surface area contributed by atoms with Gasteiger partial charge in [-0.3, -0.25) is 14.1 Å². The van der Waals surface area contributed by atoms with Crippen LogP contribution in [0, 0.1) is 5.92 Å². The van der Waals surface area contributed by atoms with Gasteiger partial charge >= 0.3 is 19.8 Å².